The lowest BCUT2D eigenvalue weighted by molar-refractivity contribution is -0.274. The third kappa shape index (κ3) is 5.55. The van der Waals surface area contributed by atoms with E-state index < -0.39 is 6.36 Å². The summed E-state index contributed by atoms with van der Waals surface area (Å²) in [6.45, 7) is 6.13. The van der Waals surface area contributed by atoms with E-state index in [2.05, 4.69) is 21.9 Å². The highest BCUT2D eigenvalue weighted by atomic mass is 19.4. The number of rotatable bonds is 5. The summed E-state index contributed by atoms with van der Waals surface area (Å²) in [5.74, 6) is -0.178. The van der Waals surface area contributed by atoms with Crippen LogP contribution in [0.5, 0.6) is 5.75 Å². The fraction of sp³-hybridized carbons (Fsp3) is 0.600. The van der Waals surface area contributed by atoms with Crippen LogP contribution in [-0.4, -0.2) is 36.9 Å². The number of nitrogens with one attached hydrogen (secondary N) is 1. The van der Waals surface area contributed by atoms with Crippen LogP contribution in [0.15, 0.2) is 24.3 Å². The van der Waals surface area contributed by atoms with E-state index in [9.17, 15) is 13.2 Å². The highest BCUT2D eigenvalue weighted by Crippen LogP contribution is 2.22. The van der Waals surface area contributed by atoms with Gasteiger partial charge in [0, 0.05) is 12.6 Å². The largest absolute Gasteiger partial charge is 0.573 e. The Hall–Kier alpha value is -1.27. The molecule has 0 spiro atoms. The molecule has 0 saturated carbocycles. The topological polar surface area (TPSA) is 24.5 Å². The average Bonchev–Trinajstić information content (AvgIpc) is 2.45. The maximum absolute atomic E-state index is 12.1. The SMILES string of the molecule is CCN1CCC(NCc2ccc(OC(F)(F)F)cc2)CC1. The van der Waals surface area contributed by atoms with Gasteiger partial charge in [-0.25, -0.2) is 0 Å². The third-order valence-electron chi connectivity index (χ3n) is 3.79. The minimum absolute atomic E-state index is 0.178. The molecule has 2 rings (SSSR count). The van der Waals surface area contributed by atoms with Crippen LogP contribution in [-0.2, 0) is 6.54 Å². The van der Waals surface area contributed by atoms with Gasteiger partial charge in [0.15, 0.2) is 0 Å². The van der Waals surface area contributed by atoms with Gasteiger partial charge in [0.25, 0.3) is 0 Å². The van der Waals surface area contributed by atoms with Gasteiger partial charge in [0.2, 0.25) is 0 Å². The number of hydrogen-bond acceptors (Lipinski definition) is 3. The molecule has 1 aliphatic rings. The molecule has 1 saturated heterocycles. The molecule has 0 atom stereocenters. The first-order valence-corrected chi connectivity index (χ1v) is 7.26. The Morgan fingerprint density at radius 3 is 2.33 bits per heavy atom. The van der Waals surface area contributed by atoms with Crippen molar-refractivity contribution in [3.63, 3.8) is 0 Å². The van der Waals surface area contributed by atoms with Crippen LogP contribution < -0.4 is 10.1 Å². The number of benzene rings is 1. The van der Waals surface area contributed by atoms with Crippen molar-refractivity contribution in [2.24, 2.45) is 0 Å². The van der Waals surface area contributed by atoms with Crippen molar-refractivity contribution in [2.45, 2.75) is 38.7 Å². The molecule has 1 heterocycles. The minimum atomic E-state index is -4.63. The number of nitrogens with zero attached hydrogens (tertiary/aromatic N) is 1. The highest BCUT2D eigenvalue weighted by molar-refractivity contribution is 5.27. The van der Waals surface area contributed by atoms with Gasteiger partial charge in [-0.1, -0.05) is 19.1 Å². The second-order valence-corrected chi connectivity index (χ2v) is 5.28. The van der Waals surface area contributed by atoms with Crippen LogP contribution in [0.1, 0.15) is 25.3 Å². The van der Waals surface area contributed by atoms with Crippen LogP contribution in [0.25, 0.3) is 0 Å². The van der Waals surface area contributed by atoms with Crippen molar-refractivity contribution in [2.75, 3.05) is 19.6 Å². The summed E-state index contributed by atoms with van der Waals surface area (Å²) in [6, 6.07) is 6.51. The van der Waals surface area contributed by atoms with E-state index in [-0.39, 0.29) is 5.75 Å². The Labute approximate surface area is 123 Å². The van der Waals surface area contributed by atoms with E-state index in [4.69, 9.17) is 0 Å². The first-order chi connectivity index (χ1) is 9.96. The highest BCUT2D eigenvalue weighted by Gasteiger charge is 2.30. The zero-order valence-corrected chi connectivity index (χ0v) is 12.1. The van der Waals surface area contributed by atoms with E-state index in [1.807, 2.05) is 0 Å². The summed E-state index contributed by atoms with van der Waals surface area (Å²) >= 11 is 0. The molecule has 0 radical (unpaired) electrons. The van der Waals surface area contributed by atoms with Crippen LogP contribution in [0, 0.1) is 0 Å². The van der Waals surface area contributed by atoms with Gasteiger partial charge in [-0.15, -0.1) is 13.2 Å². The number of likely N-dealkylation sites (tertiary alicyclic amines) is 1. The molecule has 118 valence electrons. The molecule has 0 amide bonds. The molecule has 0 unspecified atom stereocenters. The van der Waals surface area contributed by atoms with Gasteiger partial charge >= 0.3 is 6.36 Å². The lowest BCUT2D eigenvalue weighted by atomic mass is 10.0. The smallest absolute Gasteiger partial charge is 0.406 e. The Kier molecular flexibility index (Phi) is 5.47. The number of alkyl halides is 3. The Balaban J connectivity index is 1.76. The monoisotopic (exact) mass is 302 g/mol. The zero-order chi connectivity index (χ0) is 15.3. The van der Waals surface area contributed by atoms with Gasteiger partial charge in [0.1, 0.15) is 5.75 Å². The molecule has 0 bridgehead atoms. The first kappa shape index (κ1) is 16.1. The predicted molar refractivity (Wildman–Crippen MR) is 75.1 cm³/mol. The van der Waals surface area contributed by atoms with E-state index in [1.165, 1.54) is 12.1 Å². The molecule has 1 aliphatic heterocycles. The van der Waals surface area contributed by atoms with Gasteiger partial charge < -0.3 is 15.0 Å². The molecular formula is C15H21F3N2O. The summed E-state index contributed by atoms with van der Waals surface area (Å²) in [5, 5.41) is 3.46. The Bertz CT molecular complexity index is 426. The molecule has 3 nitrogen and oxygen atoms in total. The molecule has 1 fully saturated rings. The third-order valence-corrected chi connectivity index (χ3v) is 3.79. The van der Waals surface area contributed by atoms with Gasteiger partial charge in [-0.2, -0.15) is 0 Å². The van der Waals surface area contributed by atoms with Crippen LogP contribution in [0.2, 0.25) is 0 Å². The molecule has 0 aliphatic carbocycles. The molecular weight excluding hydrogens is 281 g/mol. The van der Waals surface area contributed by atoms with Crippen molar-refractivity contribution in [1.82, 2.24) is 10.2 Å². The van der Waals surface area contributed by atoms with Gasteiger partial charge in [-0.3, -0.25) is 0 Å². The van der Waals surface area contributed by atoms with Crippen molar-refractivity contribution >= 4 is 0 Å². The molecule has 1 N–H and O–H groups in total. The van der Waals surface area contributed by atoms with E-state index >= 15 is 0 Å². The van der Waals surface area contributed by atoms with E-state index in [1.54, 1.807) is 12.1 Å². The summed E-state index contributed by atoms with van der Waals surface area (Å²) in [6.07, 6.45) is -2.40. The summed E-state index contributed by atoms with van der Waals surface area (Å²) in [4.78, 5) is 2.42. The maximum atomic E-state index is 12.1. The Morgan fingerprint density at radius 1 is 1.19 bits per heavy atom. The van der Waals surface area contributed by atoms with Crippen molar-refractivity contribution in [3.8, 4) is 5.75 Å². The maximum Gasteiger partial charge on any atom is 0.573 e. The zero-order valence-electron chi connectivity index (χ0n) is 12.1. The standard InChI is InChI=1S/C15H21F3N2O/c1-2-20-9-7-13(8-10-20)19-11-12-3-5-14(6-4-12)21-15(16,17)18/h3-6,13,19H,2,7-11H2,1H3. The molecule has 1 aromatic carbocycles. The van der Waals surface area contributed by atoms with Crippen molar-refractivity contribution in [1.29, 1.82) is 0 Å². The molecule has 0 aromatic heterocycles. The minimum Gasteiger partial charge on any atom is -0.406 e. The normalized spacial score (nSPS) is 17.9. The second kappa shape index (κ2) is 7.13. The van der Waals surface area contributed by atoms with E-state index in [0.717, 1.165) is 38.0 Å². The summed E-state index contributed by atoms with van der Waals surface area (Å²) < 4.78 is 40.0. The number of piperidine rings is 1. The quantitative estimate of drug-likeness (QED) is 0.904. The molecule has 21 heavy (non-hydrogen) atoms. The van der Waals surface area contributed by atoms with Gasteiger partial charge in [-0.05, 0) is 50.2 Å². The molecule has 6 heteroatoms. The average molecular weight is 302 g/mol. The van der Waals surface area contributed by atoms with Crippen LogP contribution >= 0.6 is 0 Å². The summed E-state index contributed by atoms with van der Waals surface area (Å²) in [5.41, 5.74) is 0.961. The number of halogens is 3. The van der Waals surface area contributed by atoms with E-state index in [0.29, 0.717) is 12.6 Å². The second-order valence-electron chi connectivity index (χ2n) is 5.28. The van der Waals surface area contributed by atoms with Crippen molar-refractivity contribution < 1.29 is 17.9 Å². The lowest BCUT2D eigenvalue weighted by Crippen LogP contribution is -2.42. The van der Waals surface area contributed by atoms with Crippen LogP contribution in [0.4, 0.5) is 13.2 Å². The first-order valence-electron chi connectivity index (χ1n) is 7.26. The number of ether oxygens (including phenoxy) is 1. The van der Waals surface area contributed by atoms with Crippen LogP contribution in [0.3, 0.4) is 0 Å². The van der Waals surface area contributed by atoms with Gasteiger partial charge in [0.05, 0.1) is 0 Å². The number of hydrogen-bond donors (Lipinski definition) is 1. The Morgan fingerprint density at radius 2 is 1.81 bits per heavy atom. The summed E-state index contributed by atoms with van der Waals surface area (Å²) in [7, 11) is 0. The predicted octanol–water partition coefficient (Wildman–Crippen LogP) is 3.16. The fourth-order valence-electron chi connectivity index (χ4n) is 2.52. The lowest BCUT2D eigenvalue weighted by Gasteiger charge is -2.31. The fourth-order valence-corrected chi connectivity index (χ4v) is 2.52. The molecule has 1 aromatic rings. The van der Waals surface area contributed by atoms with Crippen molar-refractivity contribution in [3.05, 3.63) is 29.8 Å².